The number of amides is 3. The normalized spacial score (nSPS) is 12.9. The van der Waals surface area contributed by atoms with Crippen LogP contribution in [0.4, 0.5) is 4.79 Å². The summed E-state index contributed by atoms with van der Waals surface area (Å²) in [7, 11) is 1.56. The number of carboxylic acid groups (broad SMARTS) is 2. The van der Waals surface area contributed by atoms with E-state index in [0.717, 1.165) is 0 Å². The molecule has 0 fully saturated rings. The molecule has 114 valence electrons. The third kappa shape index (κ3) is 6.03. The molecule has 0 heterocycles. The molecule has 0 saturated carbocycles. The van der Waals surface area contributed by atoms with Crippen molar-refractivity contribution in [3.8, 4) is 0 Å². The quantitative estimate of drug-likeness (QED) is 0.478. The first-order valence-corrected chi connectivity index (χ1v) is 5.95. The Morgan fingerprint density at radius 3 is 2.10 bits per heavy atom. The fourth-order valence-corrected chi connectivity index (χ4v) is 1.32. The van der Waals surface area contributed by atoms with Gasteiger partial charge >= 0.3 is 18.0 Å². The third-order valence-corrected chi connectivity index (χ3v) is 2.55. The number of nitrogens with one attached hydrogen (secondary N) is 2. The van der Waals surface area contributed by atoms with Crippen LogP contribution in [-0.2, 0) is 14.4 Å². The maximum atomic E-state index is 11.7. The highest BCUT2D eigenvalue weighted by Crippen LogP contribution is 1.95. The van der Waals surface area contributed by atoms with Gasteiger partial charge in [-0.25, -0.2) is 9.59 Å². The van der Waals surface area contributed by atoms with E-state index in [1.807, 2.05) is 5.32 Å². The van der Waals surface area contributed by atoms with Crippen molar-refractivity contribution in [2.75, 3.05) is 13.6 Å². The summed E-state index contributed by atoms with van der Waals surface area (Å²) in [5.74, 6) is -3.16. The molecule has 3 amide bonds. The summed E-state index contributed by atoms with van der Waals surface area (Å²) in [6.07, 6.45) is -0.750. The third-order valence-electron chi connectivity index (χ3n) is 2.55. The van der Waals surface area contributed by atoms with Gasteiger partial charge < -0.3 is 25.7 Å². The average molecular weight is 289 g/mol. The van der Waals surface area contributed by atoms with E-state index in [0.29, 0.717) is 6.54 Å². The van der Waals surface area contributed by atoms with E-state index < -0.39 is 36.5 Å². The fraction of sp³-hybridized carbons (Fsp3) is 0.636. The lowest BCUT2D eigenvalue weighted by molar-refractivity contribution is -0.145. The van der Waals surface area contributed by atoms with Crippen molar-refractivity contribution >= 4 is 23.9 Å². The van der Waals surface area contributed by atoms with E-state index in [4.69, 9.17) is 10.2 Å². The molecular weight excluding hydrogens is 270 g/mol. The summed E-state index contributed by atoms with van der Waals surface area (Å²) in [5.41, 5.74) is 0. The number of hydrogen-bond donors (Lipinski definition) is 4. The number of aliphatic carboxylic acids is 2. The van der Waals surface area contributed by atoms with Gasteiger partial charge in [-0.05, 0) is 13.8 Å². The van der Waals surface area contributed by atoms with Crippen molar-refractivity contribution in [2.45, 2.75) is 32.4 Å². The zero-order valence-electron chi connectivity index (χ0n) is 11.5. The molecule has 0 aliphatic heterocycles. The van der Waals surface area contributed by atoms with Crippen LogP contribution in [0.2, 0.25) is 0 Å². The molecule has 9 nitrogen and oxygen atoms in total. The maximum absolute atomic E-state index is 11.7. The number of urea groups is 1. The average Bonchev–Trinajstić information content (AvgIpc) is 2.35. The van der Waals surface area contributed by atoms with E-state index in [1.165, 1.54) is 11.8 Å². The fourth-order valence-electron chi connectivity index (χ4n) is 1.32. The molecular formula is C11H19N3O6. The van der Waals surface area contributed by atoms with Crippen LogP contribution >= 0.6 is 0 Å². The van der Waals surface area contributed by atoms with Gasteiger partial charge in [0.25, 0.3) is 0 Å². The molecule has 20 heavy (non-hydrogen) atoms. The van der Waals surface area contributed by atoms with Crippen molar-refractivity contribution in [1.82, 2.24) is 15.5 Å². The molecule has 2 atom stereocenters. The molecule has 0 aromatic heterocycles. The first-order chi connectivity index (χ1) is 9.18. The van der Waals surface area contributed by atoms with Gasteiger partial charge in [0.15, 0.2) is 0 Å². The Kier molecular flexibility index (Phi) is 7.05. The summed E-state index contributed by atoms with van der Waals surface area (Å²) in [6.45, 7) is 3.67. The predicted octanol–water partition coefficient (Wildman–Crippen LogP) is -0.920. The van der Waals surface area contributed by atoms with Gasteiger partial charge in [-0.3, -0.25) is 9.59 Å². The zero-order valence-corrected chi connectivity index (χ0v) is 11.5. The second kappa shape index (κ2) is 7.97. The molecule has 0 aliphatic rings. The number of carbonyl (C=O) groups excluding carboxylic acids is 2. The SMILES string of the molecule is CCN(C)C(=O)C(C)NC(=O)N[C@@H](CC(=O)O)C(=O)O. The minimum absolute atomic E-state index is 0.340. The van der Waals surface area contributed by atoms with E-state index in [-0.39, 0.29) is 5.91 Å². The van der Waals surface area contributed by atoms with E-state index in [1.54, 1.807) is 14.0 Å². The van der Waals surface area contributed by atoms with Gasteiger partial charge in [0.1, 0.15) is 12.1 Å². The van der Waals surface area contributed by atoms with Gasteiger partial charge in [-0.15, -0.1) is 0 Å². The van der Waals surface area contributed by atoms with Crippen LogP contribution in [0.15, 0.2) is 0 Å². The van der Waals surface area contributed by atoms with Crippen molar-refractivity contribution in [3.05, 3.63) is 0 Å². The van der Waals surface area contributed by atoms with Gasteiger partial charge in [-0.1, -0.05) is 0 Å². The molecule has 9 heteroatoms. The Morgan fingerprint density at radius 1 is 1.15 bits per heavy atom. The Hall–Kier alpha value is -2.32. The van der Waals surface area contributed by atoms with Gasteiger partial charge in [0.05, 0.1) is 6.42 Å². The molecule has 0 aromatic rings. The second-order valence-electron chi connectivity index (χ2n) is 4.18. The number of rotatable bonds is 7. The van der Waals surface area contributed by atoms with E-state index >= 15 is 0 Å². The van der Waals surface area contributed by atoms with Crippen LogP contribution in [0, 0.1) is 0 Å². The number of carboxylic acids is 2. The first-order valence-electron chi connectivity index (χ1n) is 5.95. The van der Waals surface area contributed by atoms with Crippen molar-refractivity contribution < 1.29 is 29.4 Å². The van der Waals surface area contributed by atoms with Gasteiger partial charge in [0, 0.05) is 13.6 Å². The summed E-state index contributed by atoms with van der Waals surface area (Å²) in [5, 5.41) is 21.5. The predicted molar refractivity (Wildman–Crippen MR) is 68.1 cm³/mol. The first kappa shape index (κ1) is 17.7. The molecule has 1 unspecified atom stereocenters. The van der Waals surface area contributed by atoms with Crippen LogP contribution in [0.25, 0.3) is 0 Å². The Bertz CT molecular complexity index is 398. The van der Waals surface area contributed by atoms with E-state index in [2.05, 4.69) is 5.32 Å². The molecule has 0 radical (unpaired) electrons. The lowest BCUT2D eigenvalue weighted by Gasteiger charge is -2.21. The Labute approximate surface area is 115 Å². The number of carbonyl (C=O) groups is 4. The van der Waals surface area contributed by atoms with Crippen LogP contribution in [0.3, 0.4) is 0 Å². The van der Waals surface area contributed by atoms with Crippen LogP contribution < -0.4 is 10.6 Å². The Morgan fingerprint density at radius 2 is 1.70 bits per heavy atom. The monoisotopic (exact) mass is 289 g/mol. The topological polar surface area (TPSA) is 136 Å². The molecule has 0 rings (SSSR count). The second-order valence-corrected chi connectivity index (χ2v) is 4.18. The van der Waals surface area contributed by atoms with Gasteiger partial charge in [-0.2, -0.15) is 0 Å². The standard InChI is InChI=1S/C11H19N3O6/c1-4-14(3)9(17)6(2)12-11(20)13-7(10(18)19)5-8(15)16/h6-7H,4-5H2,1-3H3,(H,15,16)(H,18,19)(H2,12,13,20)/t6?,7-/m0/s1. The molecule has 0 aromatic carbocycles. The molecule has 0 bridgehead atoms. The number of likely N-dealkylation sites (N-methyl/N-ethyl adjacent to an activating group) is 1. The van der Waals surface area contributed by atoms with Crippen LogP contribution in [0.1, 0.15) is 20.3 Å². The van der Waals surface area contributed by atoms with Crippen LogP contribution in [-0.4, -0.2) is 64.7 Å². The van der Waals surface area contributed by atoms with Crippen molar-refractivity contribution in [3.63, 3.8) is 0 Å². The summed E-state index contributed by atoms with van der Waals surface area (Å²) < 4.78 is 0. The Balaban J connectivity index is 4.49. The smallest absolute Gasteiger partial charge is 0.326 e. The number of nitrogens with zero attached hydrogens (tertiary/aromatic N) is 1. The summed E-state index contributed by atoms with van der Waals surface area (Å²) >= 11 is 0. The van der Waals surface area contributed by atoms with Crippen LogP contribution in [0.5, 0.6) is 0 Å². The maximum Gasteiger partial charge on any atom is 0.326 e. The minimum atomic E-state index is -1.56. The molecule has 4 N–H and O–H groups in total. The minimum Gasteiger partial charge on any atom is -0.481 e. The lowest BCUT2D eigenvalue weighted by atomic mass is 10.2. The molecule has 0 spiro atoms. The van der Waals surface area contributed by atoms with E-state index in [9.17, 15) is 19.2 Å². The highest BCUT2D eigenvalue weighted by Gasteiger charge is 2.25. The highest BCUT2D eigenvalue weighted by atomic mass is 16.4. The molecule has 0 saturated heterocycles. The lowest BCUT2D eigenvalue weighted by Crippen LogP contribution is -2.52. The summed E-state index contributed by atoms with van der Waals surface area (Å²) in [4.78, 5) is 45.8. The number of hydrogen-bond acceptors (Lipinski definition) is 4. The zero-order chi connectivity index (χ0) is 15.9. The highest BCUT2D eigenvalue weighted by molar-refractivity contribution is 5.89. The largest absolute Gasteiger partial charge is 0.481 e. The van der Waals surface area contributed by atoms with Gasteiger partial charge in [0.2, 0.25) is 5.91 Å². The van der Waals surface area contributed by atoms with Crippen molar-refractivity contribution in [2.24, 2.45) is 0 Å². The molecule has 0 aliphatic carbocycles. The summed E-state index contributed by atoms with van der Waals surface area (Å²) in [6, 6.07) is -3.32. The van der Waals surface area contributed by atoms with Crippen molar-refractivity contribution in [1.29, 1.82) is 0 Å².